The maximum Gasteiger partial charge on any atom is 0.228 e. The van der Waals surface area contributed by atoms with E-state index in [1.54, 1.807) is 33.9 Å². The van der Waals surface area contributed by atoms with Gasteiger partial charge in [0, 0.05) is 19.0 Å². The third-order valence-corrected chi connectivity index (χ3v) is 7.24. The van der Waals surface area contributed by atoms with Crippen molar-refractivity contribution in [2.75, 3.05) is 6.54 Å². The molecule has 1 aromatic carbocycles. The first kappa shape index (κ1) is 23.3. The van der Waals surface area contributed by atoms with Crippen LogP contribution in [-0.2, 0) is 33.5 Å². The van der Waals surface area contributed by atoms with Crippen molar-refractivity contribution in [2.24, 2.45) is 11.8 Å². The van der Waals surface area contributed by atoms with Crippen molar-refractivity contribution in [1.29, 1.82) is 0 Å². The van der Waals surface area contributed by atoms with Gasteiger partial charge < -0.3 is 9.47 Å². The van der Waals surface area contributed by atoms with E-state index in [2.05, 4.69) is 11.6 Å². The standard InChI is InChI=1S/C24H33N3O3S/c1-4-14-26(23(28)21-12-8-9-13-21)17-22-15-25-24(27(22)16-19(2)3)31(29,30)18-20-10-6-5-7-11-20/h4-7,10-11,15,19,21H,1,8-9,12-14,16-18H2,2-3H3. The molecule has 0 N–H and O–H groups in total. The Bertz CT molecular complexity index is 990. The van der Waals surface area contributed by atoms with Gasteiger partial charge in [-0.1, -0.05) is 63.1 Å². The fourth-order valence-electron chi connectivity index (χ4n) is 4.20. The minimum Gasteiger partial charge on any atom is -0.333 e. The van der Waals surface area contributed by atoms with E-state index in [4.69, 9.17) is 0 Å². The number of carbonyl (C=O) groups is 1. The first-order valence-electron chi connectivity index (χ1n) is 11.0. The quantitative estimate of drug-likeness (QED) is 0.516. The average molecular weight is 444 g/mol. The summed E-state index contributed by atoms with van der Waals surface area (Å²) in [5.41, 5.74) is 1.47. The maximum atomic E-state index is 13.2. The molecule has 0 spiro atoms. The molecule has 0 unspecified atom stereocenters. The van der Waals surface area contributed by atoms with Crippen molar-refractivity contribution in [2.45, 2.75) is 63.5 Å². The summed E-state index contributed by atoms with van der Waals surface area (Å²) in [5.74, 6) is 0.322. The second-order valence-corrected chi connectivity index (χ2v) is 10.7. The molecule has 31 heavy (non-hydrogen) atoms. The van der Waals surface area contributed by atoms with Crippen LogP contribution in [0.15, 0.2) is 54.3 Å². The third kappa shape index (κ3) is 5.85. The average Bonchev–Trinajstić information content (AvgIpc) is 3.38. The van der Waals surface area contributed by atoms with Crippen LogP contribution in [-0.4, -0.2) is 35.3 Å². The predicted molar refractivity (Wildman–Crippen MR) is 122 cm³/mol. The Balaban J connectivity index is 1.90. The van der Waals surface area contributed by atoms with Gasteiger partial charge in [-0.05, 0) is 24.3 Å². The zero-order valence-electron chi connectivity index (χ0n) is 18.5. The molecule has 0 aliphatic heterocycles. The van der Waals surface area contributed by atoms with Crippen molar-refractivity contribution >= 4 is 15.7 Å². The molecule has 1 fully saturated rings. The summed E-state index contributed by atoms with van der Waals surface area (Å²) < 4.78 is 28.2. The van der Waals surface area contributed by atoms with Gasteiger partial charge in [-0.15, -0.1) is 6.58 Å². The summed E-state index contributed by atoms with van der Waals surface area (Å²) in [4.78, 5) is 19.1. The summed E-state index contributed by atoms with van der Waals surface area (Å²) in [6, 6.07) is 9.14. The van der Waals surface area contributed by atoms with Gasteiger partial charge in [0.05, 0.1) is 24.2 Å². The number of rotatable bonds is 10. The van der Waals surface area contributed by atoms with Crippen molar-refractivity contribution in [3.63, 3.8) is 0 Å². The van der Waals surface area contributed by atoms with Crippen LogP contribution in [0.25, 0.3) is 0 Å². The van der Waals surface area contributed by atoms with Crippen LogP contribution in [0.1, 0.15) is 50.8 Å². The number of hydrogen-bond donors (Lipinski definition) is 0. The van der Waals surface area contributed by atoms with Crippen molar-refractivity contribution in [1.82, 2.24) is 14.5 Å². The monoisotopic (exact) mass is 443 g/mol. The minimum absolute atomic E-state index is 0.0581. The van der Waals surface area contributed by atoms with Crippen LogP contribution >= 0.6 is 0 Å². The lowest BCUT2D eigenvalue weighted by molar-refractivity contribution is -0.135. The molecule has 0 radical (unpaired) electrons. The number of aromatic nitrogens is 2. The highest BCUT2D eigenvalue weighted by Crippen LogP contribution is 2.28. The van der Waals surface area contributed by atoms with E-state index in [-0.39, 0.29) is 28.7 Å². The van der Waals surface area contributed by atoms with Crippen LogP contribution in [0, 0.1) is 11.8 Å². The Morgan fingerprint density at radius 1 is 1.26 bits per heavy atom. The highest BCUT2D eigenvalue weighted by molar-refractivity contribution is 7.90. The van der Waals surface area contributed by atoms with Gasteiger partial charge in [-0.25, -0.2) is 13.4 Å². The normalized spacial score (nSPS) is 14.8. The van der Waals surface area contributed by atoms with Crippen molar-refractivity contribution in [3.05, 3.63) is 60.4 Å². The molecule has 6 nitrogen and oxygen atoms in total. The number of sulfone groups is 1. The van der Waals surface area contributed by atoms with Gasteiger partial charge in [0.25, 0.3) is 0 Å². The van der Waals surface area contributed by atoms with Crippen molar-refractivity contribution < 1.29 is 13.2 Å². The predicted octanol–water partition coefficient (Wildman–Crippen LogP) is 4.22. The van der Waals surface area contributed by atoms with E-state index in [1.807, 2.05) is 32.0 Å². The van der Waals surface area contributed by atoms with E-state index in [1.165, 1.54) is 0 Å². The molecule has 1 heterocycles. The van der Waals surface area contributed by atoms with Crippen molar-refractivity contribution in [3.8, 4) is 0 Å². The van der Waals surface area contributed by atoms with E-state index in [0.717, 1.165) is 36.9 Å². The fraction of sp³-hybridized carbons (Fsp3) is 0.500. The van der Waals surface area contributed by atoms with Gasteiger partial charge >= 0.3 is 0 Å². The molecule has 7 heteroatoms. The van der Waals surface area contributed by atoms with E-state index in [9.17, 15) is 13.2 Å². The largest absolute Gasteiger partial charge is 0.333 e. The van der Waals surface area contributed by atoms with Gasteiger partial charge in [-0.3, -0.25) is 4.79 Å². The SMILES string of the molecule is C=CCN(Cc1cnc(S(=O)(=O)Cc2ccccc2)n1CC(C)C)C(=O)C1CCCC1. The Hall–Kier alpha value is -2.41. The molecule has 0 atom stereocenters. The topological polar surface area (TPSA) is 72.3 Å². The molecule has 1 aliphatic carbocycles. The Morgan fingerprint density at radius 3 is 2.55 bits per heavy atom. The first-order valence-corrected chi connectivity index (χ1v) is 12.7. The molecule has 0 bridgehead atoms. The lowest BCUT2D eigenvalue weighted by atomic mass is 10.1. The second-order valence-electron chi connectivity index (χ2n) is 8.77. The highest BCUT2D eigenvalue weighted by Gasteiger charge is 2.29. The van der Waals surface area contributed by atoms with Gasteiger partial charge in [0.2, 0.25) is 20.9 Å². The van der Waals surface area contributed by atoms with Crippen LogP contribution in [0.3, 0.4) is 0 Å². The summed E-state index contributed by atoms with van der Waals surface area (Å²) in [7, 11) is -3.62. The molecular weight excluding hydrogens is 410 g/mol. The molecule has 1 aromatic heterocycles. The number of carbonyl (C=O) groups excluding carboxylic acids is 1. The van der Waals surface area contributed by atoms with Gasteiger partial charge in [-0.2, -0.15) is 0 Å². The summed E-state index contributed by atoms with van der Waals surface area (Å²) in [6.45, 7) is 9.19. The Morgan fingerprint density at radius 2 is 1.94 bits per heavy atom. The first-order chi connectivity index (χ1) is 14.8. The molecule has 0 saturated heterocycles. The lowest BCUT2D eigenvalue weighted by Crippen LogP contribution is -2.35. The smallest absolute Gasteiger partial charge is 0.228 e. The number of hydrogen-bond acceptors (Lipinski definition) is 4. The molecule has 1 saturated carbocycles. The van der Waals surface area contributed by atoms with E-state index in [0.29, 0.717) is 19.6 Å². The molecule has 2 aromatic rings. The minimum atomic E-state index is -3.62. The Labute approximate surface area is 185 Å². The molecule has 1 aliphatic rings. The molecule has 1 amide bonds. The maximum absolute atomic E-state index is 13.2. The van der Waals surface area contributed by atoms with E-state index < -0.39 is 9.84 Å². The zero-order chi connectivity index (χ0) is 22.4. The van der Waals surface area contributed by atoms with Gasteiger partial charge in [0.1, 0.15) is 0 Å². The van der Waals surface area contributed by atoms with Gasteiger partial charge in [0.15, 0.2) is 0 Å². The van der Waals surface area contributed by atoms with Crippen LogP contribution in [0.2, 0.25) is 0 Å². The highest BCUT2D eigenvalue weighted by atomic mass is 32.2. The zero-order valence-corrected chi connectivity index (χ0v) is 19.4. The molecule has 3 rings (SSSR count). The lowest BCUT2D eigenvalue weighted by Gasteiger charge is -2.25. The van der Waals surface area contributed by atoms with E-state index >= 15 is 0 Å². The van der Waals surface area contributed by atoms with Crippen LogP contribution in [0.4, 0.5) is 0 Å². The number of nitrogens with zero attached hydrogens (tertiary/aromatic N) is 3. The third-order valence-electron chi connectivity index (χ3n) is 5.65. The molecular formula is C24H33N3O3S. The van der Waals surface area contributed by atoms with Crippen LogP contribution in [0.5, 0.6) is 0 Å². The summed E-state index contributed by atoms with van der Waals surface area (Å²) in [6.07, 6.45) is 7.36. The number of amides is 1. The molecule has 168 valence electrons. The summed E-state index contributed by atoms with van der Waals surface area (Å²) in [5, 5.41) is 0.0759. The number of imidazole rings is 1. The summed E-state index contributed by atoms with van der Waals surface area (Å²) >= 11 is 0. The fourth-order valence-corrected chi connectivity index (χ4v) is 5.70. The second kappa shape index (κ2) is 10.3. The van der Waals surface area contributed by atoms with Crippen LogP contribution < -0.4 is 0 Å². The Kier molecular flexibility index (Phi) is 7.70. The number of benzene rings is 1.